The fourth-order valence-corrected chi connectivity index (χ4v) is 4.12. The second kappa shape index (κ2) is 8.37. The molecule has 5 nitrogen and oxygen atoms in total. The van der Waals surface area contributed by atoms with E-state index in [2.05, 4.69) is 9.46 Å². The van der Waals surface area contributed by atoms with Crippen LogP contribution in [0.3, 0.4) is 0 Å². The lowest BCUT2D eigenvalue weighted by atomic mass is 9.85. The smallest absolute Gasteiger partial charge is 0.406 e. The van der Waals surface area contributed by atoms with Gasteiger partial charge in [0, 0.05) is 12.1 Å². The van der Waals surface area contributed by atoms with E-state index < -0.39 is 22.1 Å². The van der Waals surface area contributed by atoms with Gasteiger partial charge in [-0.3, -0.25) is 0 Å². The number of hydrogen-bond acceptors (Lipinski definition) is 4. The van der Waals surface area contributed by atoms with Crippen molar-refractivity contribution in [3.8, 4) is 5.75 Å². The second-order valence-electron chi connectivity index (χ2n) is 5.53. The molecule has 1 aromatic rings. The number of sulfonamides is 1. The highest BCUT2D eigenvalue weighted by atomic mass is 35.5. The second-order valence-corrected chi connectivity index (χ2v) is 7.24. The van der Waals surface area contributed by atoms with Gasteiger partial charge in [-0.15, -0.1) is 25.6 Å². The third-order valence-corrected chi connectivity index (χ3v) is 5.36. The zero-order chi connectivity index (χ0) is 17.1. The summed E-state index contributed by atoms with van der Waals surface area (Å²) in [5, 5.41) is 0. The summed E-state index contributed by atoms with van der Waals surface area (Å²) in [6, 6.07) is 4.04. The summed E-state index contributed by atoms with van der Waals surface area (Å²) in [6.07, 6.45) is -1.49. The van der Waals surface area contributed by atoms with Crippen molar-refractivity contribution in [2.45, 2.75) is 43.0 Å². The Morgan fingerprint density at radius 1 is 1.25 bits per heavy atom. The Morgan fingerprint density at radius 3 is 2.54 bits per heavy atom. The van der Waals surface area contributed by atoms with E-state index in [4.69, 9.17) is 5.73 Å². The van der Waals surface area contributed by atoms with Gasteiger partial charge in [-0.2, -0.15) is 0 Å². The van der Waals surface area contributed by atoms with Gasteiger partial charge in [0.2, 0.25) is 10.0 Å². The summed E-state index contributed by atoms with van der Waals surface area (Å²) < 4.78 is 67.8. The number of rotatable bonds is 5. The Kier molecular flexibility index (Phi) is 7.33. The number of nitrogens with two attached hydrogens (primary N) is 1. The van der Waals surface area contributed by atoms with Crippen molar-refractivity contribution in [1.82, 2.24) is 4.72 Å². The maximum absolute atomic E-state index is 12.4. The van der Waals surface area contributed by atoms with Crippen molar-refractivity contribution in [2.75, 3.05) is 6.54 Å². The van der Waals surface area contributed by atoms with E-state index in [9.17, 15) is 21.6 Å². The van der Waals surface area contributed by atoms with E-state index in [1.807, 2.05) is 0 Å². The molecular formula is C14H20ClF3N2O3S. The fourth-order valence-electron chi connectivity index (χ4n) is 2.75. The van der Waals surface area contributed by atoms with E-state index in [-0.39, 0.29) is 29.3 Å². The molecule has 0 heterocycles. The van der Waals surface area contributed by atoms with Crippen LogP contribution < -0.4 is 15.2 Å². The molecule has 1 saturated carbocycles. The van der Waals surface area contributed by atoms with Gasteiger partial charge in [0.15, 0.2) is 0 Å². The summed E-state index contributed by atoms with van der Waals surface area (Å²) >= 11 is 0. The van der Waals surface area contributed by atoms with Crippen LogP contribution in [-0.2, 0) is 10.0 Å². The maximum atomic E-state index is 12.4. The van der Waals surface area contributed by atoms with Gasteiger partial charge in [-0.05, 0) is 37.4 Å². The molecular weight excluding hydrogens is 369 g/mol. The van der Waals surface area contributed by atoms with Crippen LogP contribution in [0.5, 0.6) is 5.75 Å². The molecule has 3 N–H and O–H groups in total. The molecule has 2 rings (SSSR count). The summed E-state index contributed by atoms with van der Waals surface area (Å²) in [4.78, 5) is -0.263. The van der Waals surface area contributed by atoms with Gasteiger partial charge in [0.05, 0.1) is 4.90 Å². The molecule has 0 radical (unpaired) electrons. The number of halogens is 4. The third-order valence-electron chi connectivity index (χ3n) is 3.87. The summed E-state index contributed by atoms with van der Waals surface area (Å²) in [5.74, 6) is -0.535. The minimum absolute atomic E-state index is 0. The summed E-state index contributed by atoms with van der Waals surface area (Å²) in [7, 11) is -3.93. The molecule has 1 aromatic carbocycles. The lowest BCUT2D eigenvalue weighted by molar-refractivity contribution is -0.274. The molecule has 0 aliphatic heterocycles. The Bertz CT molecular complexity index is 640. The number of benzene rings is 1. The number of alkyl halides is 3. The molecule has 1 aliphatic carbocycles. The number of ether oxygens (including phenoxy) is 1. The lowest BCUT2D eigenvalue weighted by Crippen LogP contribution is -2.44. The topological polar surface area (TPSA) is 81.4 Å². The SMILES string of the molecule is Cl.NCC1CCCCC1NS(=O)(=O)c1cccc(OC(F)(F)F)c1. The van der Waals surface area contributed by atoms with Gasteiger partial charge in [0.1, 0.15) is 5.75 Å². The van der Waals surface area contributed by atoms with Crippen molar-refractivity contribution in [3.63, 3.8) is 0 Å². The van der Waals surface area contributed by atoms with Crippen molar-refractivity contribution in [1.29, 1.82) is 0 Å². The molecule has 24 heavy (non-hydrogen) atoms. The molecule has 138 valence electrons. The molecule has 10 heteroatoms. The fraction of sp³-hybridized carbons (Fsp3) is 0.571. The Balaban J connectivity index is 0.00000288. The molecule has 0 aromatic heterocycles. The molecule has 2 unspecified atom stereocenters. The first-order chi connectivity index (χ1) is 10.7. The van der Waals surface area contributed by atoms with Gasteiger partial charge < -0.3 is 10.5 Å². The first-order valence-corrected chi connectivity index (χ1v) is 8.78. The monoisotopic (exact) mass is 388 g/mol. The quantitative estimate of drug-likeness (QED) is 0.812. The molecule has 1 aliphatic rings. The molecule has 0 bridgehead atoms. The van der Waals surface area contributed by atoms with Gasteiger partial charge in [0.25, 0.3) is 0 Å². The highest BCUT2D eigenvalue weighted by Gasteiger charge is 2.32. The summed E-state index contributed by atoms with van der Waals surface area (Å²) in [6.45, 7) is 0.365. The minimum Gasteiger partial charge on any atom is -0.406 e. The predicted molar refractivity (Wildman–Crippen MR) is 85.5 cm³/mol. The van der Waals surface area contributed by atoms with Crippen molar-refractivity contribution in [2.24, 2.45) is 11.7 Å². The molecule has 0 saturated heterocycles. The first kappa shape index (κ1) is 21.0. The van der Waals surface area contributed by atoms with Crippen LogP contribution in [0.1, 0.15) is 25.7 Å². The zero-order valence-corrected chi connectivity index (χ0v) is 14.4. The van der Waals surface area contributed by atoms with E-state index in [1.54, 1.807) is 0 Å². The van der Waals surface area contributed by atoms with Crippen LogP contribution in [0.4, 0.5) is 13.2 Å². The van der Waals surface area contributed by atoms with Gasteiger partial charge >= 0.3 is 6.36 Å². The minimum atomic E-state index is -4.87. The van der Waals surface area contributed by atoms with E-state index in [0.29, 0.717) is 13.0 Å². The lowest BCUT2D eigenvalue weighted by Gasteiger charge is -2.31. The molecule has 0 amide bonds. The first-order valence-electron chi connectivity index (χ1n) is 7.29. The highest BCUT2D eigenvalue weighted by Crippen LogP contribution is 2.27. The normalized spacial score (nSPS) is 21.8. The Morgan fingerprint density at radius 2 is 1.92 bits per heavy atom. The van der Waals surface area contributed by atoms with Crippen LogP contribution >= 0.6 is 12.4 Å². The van der Waals surface area contributed by atoms with Crippen molar-refractivity contribution >= 4 is 22.4 Å². The van der Waals surface area contributed by atoms with Crippen LogP contribution in [0.15, 0.2) is 29.2 Å². The van der Waals surface area contributed by atoms with Crippen LogP contribution in [0, 0.1) is 5.92 Å². The van der Waals surface area contributed by atoms with Crippen molar-refractivity contribution in [3.05, 3.63) is 24.3 Å². The average Bonchev–Trinajstić information content (AvgIpc) is 2.46. The number of nitrogens with one attached hydrogen (secondary N) is 1. The van der Waals surface area contributed by atoms with Crippen LogP contribution in [-0.4, -0.2) is 27.4 Å². The van der Waals surface area contributed by atoms with Crippen LogP contribution in [0.2, 0.25) is 0 Å². The van der Waals surface area contributed by atoms with Crippen molar-refractivity contribution < 1.29 is 26.3 Å². The average molecular weight is 389 g/mol. The van der Waals surface area contributed by atoms with Gasteiger partial charge in [-0.1, -0.05) is 18.9 Å². The maximum Gasteiger partial charge on any atom is 0.573 e. The summed E-state index contributed by atoms with van der Waals surface area (Å²) in [5.41, 5.74) is 5.66. The largest absolute Gasteiger partial charge is 0.573 e. The van der Waals surface area contributed by atoms with E-state index >= 15 is 0 Å². The Labute approximate surface area is 145 Å². The van der Waals surface area contributed by atoms with Gasteiger partial charge in [-0.25, -0.2) is 13.1 Å². The molecule has 1 fully saturated rings. The third kappa shape index (κ3) is 5.80. The zero-order valence-electron chi connectivity index (χ0n) is 12.8. The van der Waals surface area contributed by atoms with Crippen LogP contribution in [0.25, 0.3) is 0 Å². The molecule has 0 spiro atoms. The standard InChI is InChI=1S/C14H19F3N2O3S.ClH/c15-14(16,17)22-11-5-3-6-12(8-11)23(20,21)19-13-7-2-1-4-10(13)9-18;/h3,5-6,8,10,13,19H,1-2,4,7,9,18H2;1H. The Hall–Kier alpha value is -1.03. The predicted octanol–water partition coefficient (Wildman–Crippen LogP) is 2.80. The van der Waals surface area contributed by atoms with E-state index in [0.717, 1.165) is 31.4 Å². The highest BCUT2D eigenvalue weighted by molar-refractivity contribution is 7.89. The number of hydrogen-bond donors (Lipinski definition) is 2. The van der Waals surface area contributed by atoms with E-state index in [1.165, 1.54) is 12.1 Å². The molecule has 2 atom stereocenters.